The van der Waals surface area contributed by atoms with E-state index >= 15 is 0 Å². The number of aryl methyl sites for hydroxylation is 1. The third kappa shape index (κ3) is 3.74. The van der Waals surface area contributed by atoms with Crippen LogP contribution in [0.25, 0.3) is 0 Å². The quantitative estimate of drug-likeness (QED) is 0.745. The van der Waals surface area contributed by atoms with E-state index in [1.807, 2.05) is 0 Å². The molecule has 1 aromatic carbocycles. The lowest BCUT2D eigenvalue weighted by molar-refractivity contribution is 0.502. The highest BCUT2D eigenvalue weighted by atomic mass is 79.9. The average Bonchev–Trinajstić information content (AvgIpc) is 2.48. The van der Waals surface area contributed by atoms with Crippen molar-refractivity contribution in [3.63, 3.8) is 0 Å². The molecule has 0 amide bonds. The molecule has 1 aliphatic carbocycles. The Bertz CT molecular complexity index is 375. The SMILES string of the molecule is Cc1ccc(NC2CCCC(C)CC2)c(Br)c1. The Morgan fingerprint density at radius 3 is 2.76 bits per heavy atom. The highest BCUT2D eigenvalue weighted by molar-refractivity contribution is 9.10. The fourth-order valence-corrected chi connectivity index (χ4v) is 3.20. The van der Waals surface area contributed by atoms with Gasteiger partial charge in [0, 0.05) is 16.2 Å². The topological polar surface area (TPSA) is 12.0 Å². The molecular weight excluding hydrogens is 274 g/mol. The van der Waals surface area contributed by atoms with Gasteiger partial charge in [-0.2, -0.15) is 0 Å². The van der Waals surface area contributed by atoms with E-state index in [1.165, 1.54) is 47.8 Å². The van der Waals surface area contributed by atoms with Gasteiger partial charge in [0.2, 0.25) is 0 Å². The fourth-order valence-electron chi connectivity index (χ4n) is 2.59. The van der Waals surface area contributed by atoms with Crippen molar-refractivity contribution in [3.8, 4) is 0 Å². The molecule has 17 heavy (non-hydrogen) atoms. The predicted molar refractivity (Wildman–Crippen MR) is 78.5 cm³/mol. The van der Waals surface area contributed by atoms with Crippen LogP contribution >= 0.6 is 15.9 Å². The maximum absolute atomic E-state index is 3.69. The number of halogens is 1. The molecule has 0 aliphatic heterocycles. The predicted octanol–water partition coefficient (Wildman–Crippen LogP) is 5.14. The van der Waals surface area contributed by atoms with Gasteiger partial charge < -0.3 is 5.32 Å². The number of anilines is 1. The molecule has 0 radical (unpaired) electrons. The number of hydrogen-bond donors (Lipinski definition) is 1. The van der Waals surface area contributed by atoms with Gasteiger partial charge in [0.25, 0.3) is 0 Å². The van der Waals surface area contributed by atoms with Crippen molar-refractivity contribution < 1.29 is 0 Å². The van der Waals surface area contributed by atoms with E-state index in [1.54, 1.807) is 0 Å². The maximum Gasteiger partial charge on any atom is 0.0486 e. The van der Waals surface area contributed by atoms with Crippen molar-refractivity contribution in [3.05, 3.63) is 28.2 Å². The van der Waals surface area contributed by atoms with Gasteiger partial charge in [-0.05, 0) is 65.7 Å². The van der Waals surface area contributed by atoms with Gasteiger partial charge in [-0.3, -0.25) is 0 Å². The number of rotatable bonds is 2. The first-order chi connectivity index (χ1) is 8.15. The molecule has 0 saturated heterocycles. The van der Waals surface area contributed by atoms with Crippen LogP contribution in [0.15, 0.2) is 22.7 Å². The van der Waals surface area contributed by atoms with Gasteiger partial charge in [-0.15, -0.1) is 0 Å². The molecule has 1 fully saturated rings. The van der Waals surface area contributed by atoms with E-state index in [4.69, 9.17) is 0 Å². The summed E-state index contributed by atoms with van der Waals surface area (Å²) in [4.78, 5) is 0. The Balaban J connectivity index is 2.00. The molecule has 2 rings (SSSR count). The van der Waals surface area contributed by atoms with E-state index < -0.39 is 0 Å². The minimum absolute atomic E-state index is 0.652. The standard InChI is InChI=1S/C15H22BrN/c1-11-4-3-5-13(8-6-11)17-15-9-7-12(2)10-14(15)16/h7,9-11,13,17H,3-6,8H2,1-2H3. The van der Waals surface area contributed by atoms with E-state index in [0.717, 1.165) is 5.92 Å². The van der Waals surface area contributed by atoms with E-state index in [0.29, 0.717) is 6.04 Å². The third-order valence-electron chi connectivity index (χ3n) is 3.74. The molecule has 0 aromatic heterocycles. The molecule has 1 N–H and O–H groups in total. The van der Waals surface area contributed by atoms with Gasteiger partial charge in [0.05, 0.1) is 0 Å². The zero-order chi connectivity index (χ0) is 12.3. The summed E-state index contributed by atoms with van der Waals surface area (Å²) in [7, 11) is 0. The Labute approximate surface area is 113 Å². The second-order valence-corrected chi connectivity index (χ2v) is 6.29. The smallest absolute Gasteiger partial charge is 0.0486 e. The molecule has 0 spiro atoms. The molecule has 2 atom stereocenters. The summed E-state index contributed by atoms with van der Waals surface area (Å²) >= 11 is 3.64. The lowest BCUT2D eigenvalue weighted by Gasteiger charge is -2.19. The summed E-state index contributed by atoms with van der Waals surface area (Å²) in [6.07, 6.45) is 6.74. The van der Waals surface area contributed by atoms with Gasteiger partial charge in [-0.25, -0.2) is 0 Å². The summed E-state index contributed by atoms with van der Waals surface area (Å²) in [5.41, 5.74) is 2.55. The van der Waals surface area contributed by atoms with Crippen molar-refractivity contribution in [2.45, 2.75) is 52.0 Å². The van der Waals surface area contributed by atoms with Crippen LogP contribution in [-0.4, -0.2) is 6.04 Å². The number of hydrogen-bond acceptors (Lipinski definition) is 1. The van der Waals surface area contributed by atoms with Gasteiger partial charge in [-0.1, -0.05) is 25.8 Å². The molecule has 0 bridgehead atoms. The first kappa shape index (κ1) is 12.9. The molecule has 1 nitrogen and oxygen atoms in total. The summed E-state index contributed by atoms with van der Waals surface area (Å²) in [6, 6.07) is 7.20. The Hall–Kier alpha value is -0.500. The molecular formula is C15H22BrN. The van der Waals surface area contributed by atoms with E-state index in [2.05, 4.69) is 53.3 Å². The van der Waals surface area contributed by atoms with Crippen LogP contribution in [-0.2, 0) is 0 Å². The normalized spacial score (nSPS) is 25.4. The van der Waals surface area contributed by atoms with Crippen molar-refractivity contribution in [1.29, 1.82) is 0 Å². The number of nitrogens with one attached hydrogen (secondary N) is 1. The first-order valence-corrected chi connectivity index (χ1v) is 7.47. The highest BCUT2D eigenvalue weighted by Gasteiger charge is 2.16. The monoisotopic (exact) mass is 295 g/mol. The molecule has 1 saturated carbocycles. The third-order valence-corrected chi connectivity index (χ3v) is 4.40. The van der Waals surface area contributed by atoms with Crippen LogP contribution in [0.5, 0.6) is 0 Å². The minimum atomic E-state index is 0.652. The van der Waals surface area contributed by atoms with Crippen molar-refractivity contribution in [2.24, 2.45) is 5.92 Å². The Morgan fingerprint density at radius 2 is 2.00 bits per heavy atom. The van der Waals surface area contributed by atoms with Crippen LogP contribution in [0.4, 0.5) is 5.69 Å². The summed E-state index contributed by atoms with van der Waals surface area (Å²) in [5.74, 6) is 0.906. The summed E-state index contributed by atoms with van der Waals surface area (Å²) < 4.78 is 1.19. The highest BCUT2D eigenvalue weighted by Crippen LogP contribution is 2.28. The molecule has 2 heteroatoms. The lowest BCUT2D eigenvalue weighted by atomic mass is 10.0. The first-order valence-electron chi connectivity index (χ1n) is 6.68. The number of benzene rings is 1. The molecule has 1 aliphatic rings. The second kappa shape index (κ2) is 5.90. The maximum atomic E-state index is 3.69. The largest absolute Gasteiger partial charge is 0.381 e. The van der Waals surface area contributed by atoms with Gasteiger partial charge in [0.1, 0.15) is 0 Å². The van der Waals surface area contributed by atoms with Crippen LogP contribution in [0, 0.1) is 12.8 Å². The Kier molecular flexibility index (Phi) is 4.49. The van der Waals surface area contributed by atoms with Crippen molar-refractivity contribution >= 4 is 21.6 Å². The van der Waals surface area contributed by atoms with Crippen LogP contribution < -0.4 is 5.32 Å². The van der Waals surface area contributed by atoms with Crippen molar-refractivity contribution in [1.82, 2.24) is 0 Å². The minimum Gasteiger partial charge on any atom is -0.381 e. The Morgan fingerprint density at radius 1 is 1.18 bits per heavy atom. The zero-order valence-corrected chi connectivity index (χ0v) is 12.4. The lowest BCUT2D eigenvalue weighted by Crippen LogP contribution is -2.18. The fraction of sp³-hybridized carbons (Fsp3) is 0.600. The van der Waals surface area contributed by atoms with Crippen LogP contribution in [0.2, 0.25) is 0 Å². The van der Waals surface area contributed by atoms with E-state index in [-0.39, 0.29) is 0 Å². The molecule has 1 aromatic rings. The van der Waals surface area contributed by atoms with Crippen LogP contribution in [0.1, 0.15) is 44.6 Å². The summed E-state index contributed by atoms with van der Waals surface area (Å²) in [6.45, 7) is 4.51. The van der Waals surface area contributed by atoms with Gasteiger partial charge >= 0.3 is 0 Å². The second-order valence-electron chi connectivity index (χ2n) is 5.44. The molecule has 2 unspecified atom stereocenters. The van der Waals surface area contributed by atoms with Crippen molar-refractivity contribution in [2.75, 3.05) is 5.32 Å². The summed E-state index contributed by atoms with van der Waals surface area (Å²) in [5, 5.41) is 3.69. The molecule has 0 heterocycles. The average molecular weight is 296 g/mol. The van der Waals surface area contributed by atoms with E-state index in [9.17, 15) is 0 Å². The zero-order valence-electron chi connectivity index (χ0n) is 10.8. The van der Waals surface area contributed by atoms with Gasteiger partial charge in [0.15, 0.2) is 0 Å². The van der Waals surface area contributed by atoms with Crippen LogP contribution in [0.3, 0.4) is 0 Å². The molecule has 94 valence electrons.